The number of fused-ring (bicyclic) bond motifs is 1. The van der Waals surface area contributed by atoms with Crippen molar-refractivity contribution in [2.45, 2.75) is 5.82 Å². The van der Waals surface area contributed by atoms with Crippen molar-refractivity contribution in [1.82, 2.24) is 3.56 Å². The summed E-state index contributed by atoms with van der Waals surface area (Å²) in [5.74, 6) is 2.20. The zero-order valence-electron chi connectivity index (χ0n) is 9.79. The van der Waals surface area contributed by atoms with Gasteiger partial charge in [0.15, 0.2) is 0 Å². The molecule has 0 fully saturated rings. The van der Waals surface area contributed by atoms with E-state index >= 15 is 0 Å². The molecule has 0 radical (unpaired) electrons. The van der Waals surface area contributed by atoms with Crippen molar-refractivity contribution in [3.8, 4) is 5.69 Å². The third kappa shape index (κ3) is 2.02. The standard InChI is InChI=1S/C14H11NOSe2/c1-17-11-8-6-10(7-9-11)15-14(16)12-4-2-3-5-13(12)18-15/h2-9H,1H3. The van der Waals surface area contributed by atoms with E-state index in [2.05, 4.69) is 36.2 Å². The van der Waals surface area contributed by atoms with Gasteiger partial charge in [-0.2, -0.15) is 0 Å². The molecule has 0 amide bonds. The molecule has 0 saturated heterocycles. The first kappa shape index (κ1) is 12.0. The molecule has 1 aromatic heterocycles. The first-order valence-corrected chi connectivity index (χ1v) is 9.74. The fourth-order valence-electron chi connectivity index (χ4n) is 1.86. The van der Waals surface area contributed by atoms with Crippen molar-refractivity contribution in [3.05, 3.63) is 58.9 Å². The number of rotatable bonds is 2. The van der Waals surface area contributed by atoms with E-state index in [9.17, 15) is 4.79 Å². The number of hydrogen-bond donors (Lipinski definition) is 0. The Morgan fingerprint density at radius 1 is 1.06 bits per heavy atom. The number of benzene rings is 2. The molecular formula is C14H11NOSe2. The van der Waals surface area contributed by atoms with Gasteiger partial charge in [-0.15, -0.1) is 0 Å². The van der Waals surface area contributed by atoms with Crippen LogP contribution in [0.1, 0.15) is 0 Å². The minimum atomic E-state index is 0.0759. The van der Waals surface area contributed by atoms with Crippen LogP contribution in [0.4, 0.5) is 0 Å². The number of nitrogens with zero attached hydrogens (tertiary/aromatic N) is 1. The summed E-state index contributed by atoms with van der Waals surface area (Å²) in [7, 11) is 0. The molecular weight excluding hydrogens is 356 g/mol. The molecule has 4 heteroatoms. The summed E-state index contributed by atoms with van der Waals surface area (Å²) in [4.78, 5) is 12.3. The van der Waals surface area contributed by atoms with Gasteiger partial charge >= 0.3 is 118 Å². The average Bonchev–Trinajstić information content (AvgIpc) is 2.77. The molecule has 0 aliphatic rings. The van der Waals surface area contributed by atoms with E-state index in [0.717, 1.165) is 11.1 Å². The molecule has 0 saturated carbocycles. The number of hydrogen-bond acceptors (Lipinski definition) is 1. The van der Waals surface area contributed by atoms with E-state index < -0.39 is 0 Å². The van der Waals surface area contributed by atoms with E-state index in [-0.39, 0.29) is 20.3 Å². The van der Waals surface area contributed by atoms with Crippen LogP contribution in [0.15, 0.2) is 53.3 Å². The summed E-state index contributed by atoms with van der Waals surface area (Å²) >= 11 is 0.591. The first-order chi connectivity index (χ1) is 8.79. The van der Waals surface area contributed by atoms with Crippen LogP contribution in [-0.4, -0.2) is 33.3 Å². The Hall–Kier alpha value is -1.05. The van der Waals surface area contributed by atoms with Crippen LogP contribution in [0.5, 0.6) is 0 Å². The Kier molecular flexibility index (Phi) is 3.27. The topological polar surface area (TPSA) is 22.0 Å². The maximum absolute atomic E-state index is 12.3. The van der Waals surface area contributed by atoms with Crippen molar-refractivity contribution < 1.29 is 0 Å². The normalized spacial score (nSPS) is 10.9. The molecule has 0 bridgehead atoms. The van der Waals surface area contributed by atoms with E-state index in [1.165, 1.54) is 8.72 Å². The molecule has 18 heavy (non-hydrogen) atoms. The molecule has 3 aromatic rings. The Bertz CT molecular complexity index is 740. The summed E-state index contributed by atoms with van der Waals surface area (Å²) < 4.78 is 4.45. The van der Waals surface area contributed by atoms with Crippen molar-refractivity contribution in [2.24, 2.45) is 0 Å². The van der Waals surface area contributed by atoms with E-state index in [0.29, 0.717) is 15.0 Å². The molecule has 0 aliphatic heterocycles. The van der Waals surface area contributed by atoms with E-state index in [1.54, 1.807) is 0 Å². The van der Waals surface area contributed by atoms with Gasteiger partial charge in [0.1, 0.15) is 0 Å². The predicted octanol–water partition coefficient (Wildman–Crippen LogP) is 1.43. The fraction of sp³-hybridized carbons (Fsp3) is 0.0714. The van der Waals surface area contributed by atoms with Crippen LogP contribution in [0.2, 0.25) is 5.82 Å². The van der Waals surface area contributed by atoms with Crippen LogP contribution in [-0.2, 0) is 0 Å². The molecule has 0 spiro atoms. The van der Waals surface area contributed by atoms with Crippen LogP contribution in [0.25, 0.3) is 15.3 Å². The van der Waals surface area contributed by atoms with Gasteiger partial charge in [-0.1, -0.05) is 0 Å². The Morgan fingerprint density at radius 3 is 2.44 bits per heavy atom. The zero-order valence-corrected chi connectivity index (χ0v) is 13.2. The Labute approximate surface area is 117 Å². The molecule has 0 aliphatic carbocycles. The average molecular weight is 367 g/mol. The molecule has 2 nitrogen and oxygen atoms in total. The van der Waals surface area contributed by atoms with E-state index in [4.69, 9.17) is 0 Å². The van der Waals surface area contributed by atoms with Gasteiger partial charge in [-0.3, -0.25) is 0 Å². The third-order valence-electron chi connectivity index (χ3n) is 2.80. The molecule has 90 valence electrons. The second kappa shape index (κ2) is 4.91. The molecule has 3 rings (SSSR count). The van der Waals surface area contributed by atoms with Crippen LogP contribution in [0, 0.1) is 0 Å². The maximum atomic E-state index is 12.3. The zero-order chi connectivity index (χ0) is 12.5. The van der Waals surface area contributed by atoms with Crippen LogP contribution in [0.3, 0.4) is 0 Å². The van der Waals surface area contributed by atoms with Gasteiger partial charge < -0.3 is 0 Å². The SMILES string of the molecule is C[Se]c1ccc(-n2[se]c3ccccc3c2=O)cc1. The van der Waals surface area contributed by atoms with Gasteiger partial charge in [0.2, 0.25) is 0 Å². The van der Waals surface area contributed by atoms with Gasteiger partial charge in [0, 0.05) is 0 Å². The van der Waals surface area contributed by atoms with Gasteiger partial charge in [-0.05, 0) is 0 Å². The molecule has 0 atom stereocenters. The third-order valence-corrected chi connectivity index (χ3v) is 6.69. The van der Waals surface area contributed by atoms with Gasteiger partial charge in [-0.25, -0.2) is 0 Å². The van der Waals surface area contributed by atoms with Crippen molar-refractivity contribution in [2.75, 3.05) is 0 Å². The molecule has 1 heterocycles. The van der Waals surface area contributed by atoms with Crippen LogP contribution < -0.4 is 10.0 Å². The monoisotopic (exact) mass is 369 g/mol. The molecule has 0 N–H and O–H groups in total. The van der Waals surface area contributed by atoms with E-state index in [1.807, 2.05) is 21.8 Å². The molecule has 0 unspecified atom stereocenters. The minimum absolute atomic E-state index is 0.0759. The summed E-state index contributed by atoms with van der Waals surface area (Å²) in [6.07, 6.45) is 0. The Morgan fingerprint density at radius 2 is 1.78 bits per heavy atom. The summed E-state index contributed by atoms with van der Waals surface area (Å²) in [5, 5.41) is 0.862. The summed E-state index contributed by atoms with van der Waals surface area (Å²) in [5.41, 5.74) is 1.16. The molecule has 2 aromatic carbocycles. The first-order valence-electron chi connectivity index (χ1n) is 5.55. The second-order valence-corrected chi connectivity index (χ2v) is 7.80. The Balaban J connectivity index is 2.18. The van der Waals surface area contributed by atoms with Crippen LogP contribution >= 0.6 is 0 Å². The summed E-state index contributed by atoms with van der Waals surface area (Å²) in [6.45, 7) is 0. The van der Waals surface area contributed by atoms with Crippen molar-refractivity contribution in [1.29, 1.82) is 0 Å². The summed E-state index contributed by atoms with van der Waals surface area (Å²) in [6, 6.07) is 16.3. The quantitative estimate of drug-likeness (QED) is 0.629. The van der Waals surface area contributed by atoms with Gasteiger partial charge in [0.05, 0.1) is 0 Å². The predicted molar refractivity (Wildman–Crippen MR) is 77.7 cm³/mol. The van der Waals surface area contributed by atoms with Gasteiger partial charge in [0.25, 0.3) is 0 Å². The van der Waals surface area contributed by atoms with Crippen molar-refractivity contribution >= 4 is 43.8 Å². The number of aromatic nitrogens is 1. The fourth-order valence-corrected chi connectivity index (χ4v) is 4.81. The van der Waals surface area contributed by atoms with Crippen molar-refractivity contribution in [3.63, 3.8) is 0 Å². The second-order valence-electron chi connectivity index (χ2n) is 3.89.